The normalized spacial score (nSPS) is 16.6. The van der Waals surface area contributed by atoms with E-state index in [4.69, 9.17) is 0 Å². The smallest absolute Gasteiger partial charge is 0.413 e. The number of nitrogens with one attached hydrogen (secondary N) is 2. The summed E-state index contributed by atoms with van der Waals surface area (Å²) in [7, 11) is -2.42. The van der Waals surface area contributed by atoms with Crippen molar-refractivity contribution in [1.29, 1.82) is 0 Å². The van der Waals surface area contributed by atoms with Crippen molar-refractivity contribution >= 4 is 44.3 Å². The zero-order valence-electron chi connectivity index (χ0n) is 20.5. The number of carbonyl (C=O) groups excluding carboxylic acids is 3. The predicted molar refractivity (Wildman–Crippen MR) is 136 cm³/mol. The number of imide groups is 1. The van der Waals surface area contributed by atoms with Crippen LogP contribution >= 0.6 is 11.3 Å². The lowest BCUT2D eigenvalue weighted by Gasteiger charge is -2.30. The molecule has 10 nitrogen and oxygen atoms in total. The zero-order valence-corrected chi connectivity index (χ0v) is 22.1. The van der Waals surface area contributed by atoms with Crippen molar-refractivity contribution in [2.45, 2.75) is 50.6 Å². The van der Waals surface area contributed by atoms with Crippen molar-refractivity contribution in [1.82, 2.24) is 14.5 Å². The first-order valence-corrected chi connectivity index (χ1v) is 14.1. The van der Waals surface area contributed by atoms with Gasteiger partial charge < -0.3 is 10.1 Å². The summed E-state index contributed by atoms with van der Waals surface area (Å²) in [6.07, 6.45) is 1.40. The first-order chi connectivity index (χ1) is 17.1. The van der Waals surface area contributed by atoms with E-state index in [2.05, 4.69) is 34.1 Å². The van der Waals surface area contributed by atoms with Crippen LogP contribution in [0, 0.1) is 0 Å². The summed E-state index contributed by atoms with van der Waals surface area (Å²) in [5.41, 5.74) is 1.32. The molecule has 0 unspecified atom stereocenters. The number of anilines is 1. The highest BCUT2D eigenvalue weighted by Crippen LogP contribution is 2.38. The average Bonchev–Trinajstić information content (AvgIpc) is 3.52. The van der Waals surface area contributed by atoms with Crippen LogP contribution in [0.4, 0.5) is 9.80 Å². The molecule has 2 N–H and O–H groups in total. The molecule has 4 rings (SSSR count). The third-order valence-corrected chi connectivity index (χ3v) is 9.54. The monoisotopic (exact) mass is 534 g/mol. The molecule has 0 bridgehead atoms. The molecule has 0 spiro atoms. The molecule has 0 aliphatic carbocycles. The van der Waals surface area contributed by atoms with E-state index >= 15 is 0 Å². The van der Waals surface area contributed by atoms with E-state index in [-0.39, 0.29) is 16.0 Å². The van der Waals surface area contributed by atoms with Gasteiger partial charge >= 0.3 is 6.09 Å². The maximum Gasteiger partial charge on any atom is 0.413 e. The Balaban J connectivity index is 1.59. The van der Waals surface area contributed by atoms with Crippen molar-refractivity contribution in [3.05, 3.63) is 45.8 Å². The second kappa shape index (κ2) is 10.7. The lowest BCUT2D eigenvalue weighted by Crippen LogP contribution is -2.36. The minimum atomic E-state index is -3.58. The molecule has 0 saturated carbocycles. The van der Waals surface area contributed by atoms with Crippen LogP contribution in [0.15, 0.2) is 29.2 Å². The number of amides is 3. The molecular formula is C24H30N4O6S2. The summed E-state index contributed by atoms with van der Waals surface area (Å²) in [6.45, 7) is 6.57. The summed E-state index contributed by atoms with van der Waals surface area (Å²) in [6, 6.07) is 6.09. The second-order valence-corrected chi connectivity index (χ2v) is 12.1. The van der Waals surface area contributed by atoms with E-state index in [0.717, 1.165) is 29.8 Å². The van der Waals surface area contributed by atoms with Gasteiger partial charge in [0, 0.05) is 42.7 Å². The van der Waals surface area contributed by atoms with E-state index in [1.807, 2.05) is 0 Å². The van der Waals surface area contributed by atoms with Crippen LogP contribution in [0.3, 0.4) is 0 Å². The molecule has 12 heteroatoms. The minimum absolute atomic E-state index is 0.138. The largest absolute Gasteiger partial charge is 0.453 e. The van der Waals surface area contributed by atoms with Gasteiger partial charge in [-0.05, 0) is 62.9 Å². The van der Waals surface area contributed by atoms with Gasteiger partial charge in [-0.25, -0.2) is 13.2 Å². The molecule has 0 radical (unpaired) electrons. The second-order valence-electron chi connectivity index (χ2n) is 9.06. The molecule has 2 aromatic rings. The Labute approximate surface area is 214 Å². The number of fused-ring (bicyclic) bond motifs is 1. The number of ether oxygens (including phenoxy) is 1. The molecule has 1 aromatic heterocycles. The quantitative estimate of drug-likeness (QED) is 0.584. The molecular weight excluding hydrogens is 504 g/mol. The van der Waals surface area contributed by atoms with Gasteiger partial charge in [0.25, 0.3) is 11.8 Å². The van der Waals surface area contributed by atoms with Crippen molar-refractivity contribution < 1.29 is 27.5 Å². The van der Waals surface area contributed by atoms with Gasteiger partial charge in [-0.3, -0.25) is 19.8 Å². The van der Waals surface area contributed by atoms with Crippen LogP contribution in [-0.4, -0.2) is 68.3 Å². The molecule has 2 aliphatic heterocycles. The van der Waals surface area contributed by atoms with Gasteiger partial charge in [0.15, 0.2) is 0 Å². The van der Waals surface area contributed by atoms with Gasteiger partial charge in [-0.15, -0.1) is 11.3 Å². The molecule has 3 heterocycles. The number of benzene rings is 1. The van der Waals surface area contributed by atoms with Gasteiger partial charge in [-0.2, -0.15) is 4.31 Å². The average molecular weight is 535 g/mol. The Kier molecular flexibility index (Phi) is 7.79. The van der Waals surface area contributed by atoms with E-state index in [0.29, 0.717) is 37.1 Å². The standard InChI is InChI=1S/C24H30N4O6S2/c1-15(2)27-13-10-18-19(14-27)35-23(20(18)22(30)26-24(31)34-3)25-21(29)16-6-8-17(9-7-16)36(32,33)28-11-4-5-12-28/h6-9,15H,4-5,10-14H2,1-3H3,(H,25,29)(H,26,30,31). The minimum Gasteiger partial charge on any atom is -0.453 e. The Morgan fingerprint density at radius 1 is 1.03 bits per heavy atom. The molecule has 2 aliphatic rings. The van der Waals surface area contributed by atoms with Crippen LogP contribution in [0.5, 0.6) is 0 Å². The number of thiophene rings is 1. The SMILES string of the molecule is COC(=O)NC(=O)c1c(NC(=O)c2ccc(S(=O)(=O)N3CCCC3)cc2)sc2c1CCN(C(C)C)C2. The van der Waals surface area contributed by atoms with Gasteiger partial charge in [0.1, 0.15) is 5.00 Å². The van der Waals surface area contributed by atoms with Crippen molar-refractivity contribution in [2.75, 3.05) is 32.1 Å². The number of rotatable bonds is 6. The maximum atomic E-state index is 13.1. The fourth-order valence-corrected chi connectivity index (χ4v) is 7.21. The van der Waals surface area contributed by atoms with Crippen LogP contribution in [0.2, 0.25) is 0 Å². The zero-order chi connectivity index (χ0) is 26.0. The Hall–Kier alpha value is -2.80. The number of methoxy groups -OCH3 is 1. The molecule has 1 saturated heterocycles. The Morgan fingerprint density at radius 2 is 1.69 bits per heavy atom. The topological polar surface area (TPSA) is 125 Å². The number of hydrogen-bond donors (Lipinski definition) is 2. The van der Waals surface area contributed by atoms with Crippen molar-refractivity contribution in [2.24, 2.45) is 0 Å². The highest BCUT2D eigenvalue weighted by Gasteiger charge is 2.31. The lowest BCUT2D eigenvalue weighted by molar-refractivity contribution is 0.0936. The number of sulfonamides is 1. The third kappa shape index (κ3) is 5.31. The van der Waals surface area contributed by atoms with Crippen molar-refractivity contribution in [3.63, 3.8) is 0 Å². The number of carbonyl (C=O) groups is 3. The summed E-state index contributed by atoms with van der Waals surface area (Å²) in [5.74, 6) is -1.12. The van der Waals surface area contributed by atoms with Crippen LogP contribution < -0.4 is 10.6 Å². The summed E-state index contributed by atoms with van der Waals surface area (Å²) in [4.78, 5) is 41.1. The molecule has 36 heavy (non-hydrogen) atoms. The Morgan fingerprint density at radius 3 is 2.31 bits per heavy atom. The van der Waals surface area contributed by atoms with Gasteiger partial charge in [0.2, 0.25) is 10.0 Å². The molecule has 0 atom stereocenters. The first-order valence-electron chi connectivity index (χ1n) is 11.8. The number of alkyl carbamates (subject to hydrolysis) is 1. The van der Waals surface area contributed by atoms with E-state index < -0.39 is 27.9 Å². The molecule has 194 valence electrons. The highest BCUT2D eigenvalue weighted by atomic mass is 32.2. The first kappa shape index (κ1) is 26.3. The van der Waals surface area contributed by atoms with Crippen LogP contribution in [0.25, 0.3) is 0 Å². The van der Waals surface area contributed by atoms with Crippen LogP contribution in [-0.2, 0) is 27.7 Å². The lowest BCUT2D eigenvalue weighted by atomic mass is 10.0. The third-order valence-electron chi connectivity index (χ3n) is 6.49. The van der Waals surface area contributed by atoms with E-state index in [9.17, 15) is 22.8 Å². The summed E-state index contributed by atoms with van der Waals surface area (Å²) < 4.78 is 31.5. The number of nitrogens with zero attached hydrogens (tertiary/aromatic N) is 2. The fourth-order valence-electron chi connectivity index (χ4n) is 4.43. The number of hydrogen-bond acceptors (Lipinski definition) is 8. The summed E-state index contributed by atoms with van der Waals surface area (Å²) >= 11 is 1.30. The van der Waals surface area contributed by atoms with Gasteiger partial charge in [0.05, 0.1) is 17.6 Å². The Bertz CT molecular complexity index is 1260. The van der Waals surface area contributed by atoms with Gasteiger partial charge in [-0.1, -0.05) is 0 Å². The van der Waals surface area contributed by atoms with E-state index in [1.165, 1.54) is 47.0 Å². The summed E-state index contributed by atoms with van der Waals surface area (Å²) in [5, 5.41) is 5.33. The molecule has 1 aromatic carbocycles. The fraction of sp³-hybridized carbons (Fsp3) is 0.458. The maximum absolute atomic E-state index is 13.1. The predicted octanol–water partition coefficient (Wildman–Crippen LogP) is 3.05. The highest BCUT2D eigenvalue weighted by molar-refractivity contribution is 7.89. The van der Waals surface area contributed by atoms with Crippen molar-refractivity contribution in [3.8, 4) is 0 Å². The molecule has 3 amide bonds. The molecule has 1 fully saturated rings. The van der Waals surface area contributed by atoms with E-state index in [1.54, 1.807) is 0 Å². The van der Waals surface area contributed by atoms with Crippen LogP contribution in [0.1, 0.15) is 57.8 Å².